The molecule has 0 aromatic heterocycles. The molecule has 0 aliphatic rings. The van der Waals surface area contributed by atoms with Gasteiger partial charge in [0.15, 0.2) is 0 Å². The Morgan fingerprint density at radius 3 is 2.13 bits per heavy atom. The van der Waals surface area contributed by atoms with Crippen molar-refractivity contribution in [2.75, 3.05) is 5.75 Å². The number of hydrogen-bond donors (Lipinski definition) is 4. The quantitative estimate of drug-likeness (QED) is 0.265. The summed E-state index contributed by atoms with van der Waals surface area (Å²) >= 11 is 0. The molecule has 3 atom stereocenters. The van der Waals surface area contributed by atoms with Gasteiger partial charge in [-0.05, 0) is 6.42 Å². The Kier molecular flexibility index (Phi) is 12.2. The van der Waals surface area contributed by atoms with Gasteiger partial charge in [0.25, 0.3) is 0 Å². The summed E-state index contributed by atoms with van der Waals surface area (Å²) < 4.78 is 0. The molecular formula is C14H26N2O5S2. The summed E-state index contributed by atoms with van der Waals surface area (Å²) in [6.07, 6.45) is 5.20. The maximum absolute atomic E-state index is 12.2. The van der Waals surface area contributed by atoms with Crippen molar-refractivity contribution in [1.82, 2.24) is 0 Å². The van der Waals surface area contributed by atoms with Gasteiger partial charge in [0.2, 0.25) is 0 Å². The van der Waals surface area contributed by atoms with Crippen LogP contribution in [0, 0.1) is 0 Å². The standard InChI is InChI=1S/C14H26N2O5S2/c1-2-3-4-5-6-7-10(17)12(11(16)14(20)21)23-22-8-9(15)13(18)19/h9,11-12H,2-8,15-16H2,1H3,(H,18,19)(H,20,21). The number of nitrogens with two attached hydrogens (primary N) is 2. The molecule has 0 spiro atoms. The highest BCUT2D eigenvalue weighted by molar-refractivity contribution is 8.77. The number of hydrogen-bond acceptors (Lipinski definition) is 7. The van der Waals surface area contributed by atoms with Crippen molar-refractivity contribution in [3.05, 3.63) is 0 Å². The van der Waals surface area contributed by atoms with Crippen LogP contribution in [0.2, 0.25) is 0 Å². The maximum Gasteiger partial charge on any atom is 0.322 e. The molecule has 3 unspecified atom stereocenters. The van der Waals surface area contributed by atoms with Crippen LogP contribution in [0.25, 0.3) is 0 Å². The van der Waals surface area contributed by atoms with Crippen LogP contribution < -0.4 is 11.5 Å². The number of Topliss-reactive ketones (excluding diaryl/α,β-unsaturated/α-hetero) is 1. The molecule has 0 aromatic carbocycles. The number of unbranched alkanes of at least 4 members (excludes halogenated alkanes) is 4. The van der Waals surface area contributed by atoms with Crippen molar-refractivity contribution < 1.29 is 24.6 Å². The summed E-state index contributed by atoms with van der Waals surface area (Å²) in [5.74, 6) is -2.52. The number of ketones is 1. The van der Waals surface area contributed by atoms with E-state index < -0.39 is 29.3 Å². The predicted molar refractivity (Wildman–Crippen MR) is 93.4 cm³/mol. The third kappa shape index (κ3) is 9.85. The van der Waals surface area contributed by atoms with Gasteiger partial charge in [-0.15, -0.1) is 0 Å². The fourth-order valence-electron chi connectivity index (χ4n) is 1.75. The number of carboxylic acids is 2. The fourth-order valence-corrected chi connectivity index (χ4v) is 4.52. The van der Waals surface area contributed by atoms with Crippen LogP contribution >= 0.6 is 21.6 Å². The summed E-state index contributed by atoms with van der Waals surface area (Å²) in [6.45, 7) is 2.10. The van der Waals surface area contributed by atoms with Crippen LogP contribution in [-0.4, -0.2) is 51.0 Å². The largest absolute Gasteiger partial charge is 0.480 e. The molecule has 0 aliphatic carbocycles. The second-order valence-electron chi connectivity index (χ2n) is 5.24. The van der Waals surface area contributed by atoms with Crippen LogP contribution in [0.3, 0.4) is 0 Å². The Bertz CT molecular complexity index is 395. The number of carbonyl (C=O) groups excluding carboxylic acids is 1. The average Bonchev–Trinajstić information content (AvgIpc) is 2.50. The lowest BCUT2D eigenvalue weighted by molar-refractivity contribution is -0.140. The molecule has 23 heavy (non-hydrogen) atoms. The molecule has 134 valence electrons. The third-order valence-corrected chi connectivity index (χ3v) is 6.03. The lowest BCUT2D eigenvalue weighted by atomic mass is 10.0. The molecule has 0 rings (SSSR count). The van der Waals surface area contributed by atoms with Crippen molar-refractivity contribution in [2.24, 2.45) is 11.5 Å². The second-order valence-corrected chi connectivity index (χ2v) is 7.79. The minimum Gasteiger partial charge on any atom is -0.480 e. The molecule has 6 N–H and O–H groups in total. The average molecular weight is 367 g/mol. The van der Waals surface area contributed by atoms with Crippen LogP contribution in [0.15, 0.2) is 0 Å². The van der Waals surface area contributed by atoms with E-state index in [-0.39, 0.29) is 18.0 Å². The zero-order chi connectivity index (χ0) is 17.8. The third-order valence-electron chi connectivity index (χ3n) is 3.19. The highest BCUT2D eigenvalue weighted by Crippen LogP contribution is 2.30. The molecule has 0 aliphatic heterocycles. The van der Waals surface area contributed by atoms with Gasteiger partial charge >= 0.3 is 11.9 Å². The molecule has 0 saturated heterocycles. The van der Waals surface area contributed by atoms with Crippen molar-refractivity contribution >= 4 is 39.3 Å². The van der Waals surface area contributed by atoms with Gasteiger partial charge in [-0.1, -0.05) is 54.2 Å². The van der Waals surface area contributed by atoms with E-state index in [4.69, 9.17) is 21.7 Å². The molecule has 0 saturated carbocycles. The lowest BCUT2D eigenvalue weighted by Crippen LogP contribution is -2.44. The normalized spacial score (nSPS) is 14.9. The number of aliphatic carboxylic acids is 2. The van der Waals surface area contributed by atoms with E-state index in [2.05, 4.69) is 6.92 Å². The zero-order valence-corrected chi connectivity index (χ0v) is 14.9. The van der Waals surface area contributed by atoms with Crippen LogP contribution in [0.1, 0.15) is 45.4 Å². The first-order valence-electron chi connectivity index (χ1n) is 7.59. The minimum atomic E-state index is -1.31. The molecule has 0 amide bonds. The number of rotatable bonds is 14. The molecule has 0 aromatic rings. The van der Waals surface area contributed by atoms with E-state index in [0.29, 0.717) is 6.42 Å². The van der Waals surface area contributed by atoms with E-state index in [1.54, 1.807) is 0 Å². The summed E-state index contributed by atoms with van der Waals surface area (Å²) in [5, 5.41) is 16.8. The van der Waals surface area contributed by atoms with Crippen LogP contribution in [0.5, 0.6) is 0 Å². The highest BCUT2D eigenvalue weighted by Gasteiger charge is 2.31. The first-order valence-corrected chi connectivity index (χ1v) is 9.97. The van der Waals surface area contributed by atoms with Crippen molar-refractivity contribution in [3.8, 4) is 0 Å². The van der Waals surface area contributed by atoms with Gasteiger partial charge in [-0.25, -0.2) is 0 Å². The summed E-state index contributed by atoms with van der Waals surface area (Å²) in [6, 6.07) is -2.37. The van der Waals surface area contributed by atoms with Crippen LogP contribution in [-0.2, 0) is 14.4 Å². The van der Waals surface area contributed by atoms with Gasteiger partial charge in [-0.3, -0.25) is 14.4 Å². The van der Waals surface area contributed by atoms with Crippen LogP contribution in [0.4, 0.5) is 0 Å². The van der Waals surface area contributed by atoms with Gasteiger partial charge in [0, 0.05) is 12.2 Å². The summed E-state index contributed by atoms with van der Waals surface area (Å²) in [5.41, 5.74) is 11.0. The predicted octanol–water partition coefficient (Wildman–Crippen LogP) is 1.49. The number of carboxylic acid groups (broad SMARTS) is 2. The molecule has 0 bridgehead atoms. The Labute approximate surface area is 144 Å². The summed E-state index contributed by atoms with van der Waals surface area (Å²) in [4.78, 5) is 33.9. The Morgan fingerprint density at radius 2 is 1.61 bits per heavy atom. The Morgan fingerprint density at radius 1 is 1.00 bits per heavy atom. The second kappa shape index (κ2) is 12.6. The van der Waals surface area contributed by atoms with E-state index in [1.807, 2.05) is 0 Å². The van der Waals surface area contributed by atoms with Crippen molar-refractivity contribution in [1.29, 1.82) is 0 Å². The Balaban J connectivity index is 4.41. The van der Waals surface area contributed by atoms with Crippen molar-refractivity contribution in [2.45, 2.75) is 62.8 Å². The molecular weight excluding hydrogens is 340 g/mol. The zero-order valence-electron chi connectivity index (χ0n) is 13.3. The van der Waals surface area contributed by atoms with E-state index in [1.165, 1.54) is 0 Å². The summed E-state index contributed by atoms with van der Waals surface area (Å²) in [7, 11) is 2.06. The van der Waals surface area contributed by atoms with E-state index in [0.717, 1.165) is 47.3 Å². The maximum atomic E-state index is 12.2. The topological polar surface area (TPSA) is 144 Å². The van der Waals surface area contributed by atoms with E-state index in [9.17, 15) is 14.4 Å². The smallest absolute Gasteiger partial charge is 0.322 e. The SMILES string of the molecule is CCCCCCCC(=O)C(SSCC(N)C(=O)O)C(N)C(=O)O. The molecule has 0 fully saturated rings. The monoisotopic (exact) mass is 366 g/mol. The highest BCUT2D eigenvalue weighted by atomic mass is 33.1. The molecule has 0 heterocycles. The molecule has 9 heteroatoms. The minimum absolute atomic E-state index is 0.0760. The van der Waals surface area contributed by atoms with Gasteiger partial charge in [0.1, 0.15) is 17.9 Å². The van der Waals surface area contributed by atoms with Gasteiger partial charge < -0.3 is 21.7 Å². The molecule has 0 radical (unpaired) electrons. The first kappa shape index (κ1) is 22.2. The molecule has 7 nitrogen and oxygen atoms in total. The Hall–Kier alpha value is -0.770. The lowest BCUT2D eigenvalue weighted by Gasteiger charge is -2.19. The number of carbonyl (C=O) groups is 3. The van der Waals surface area contributed by atoms with Crippen molar-refractivity contribution in [3.63, 3.8) is 0 Å². The fraction of sp³-hybridized carbons (Fsp3) is 0.786. The first-order chi connectivity index (χ1) is 10.8. The van der Waals surface area contributed by atoms with E-state index >= 15 is 0 Å². The van der Waals surface area contributed by atoms with Gasteiger partial charge in [-0.2, -0.15) is 0 Å². The van der Waals surface area contributed by atoms with Gasteiger partial charge in [0.05, 0.1) is 5.25 Å².